The first-order chi connectivity index (χ1) is 8.74. The Labute approximate surface area is 107 Å². The van der Waals surface area contributed by atoms with Crippen molar-refractivity contribution >= 4 is 12.0 Å². The van der Waals surface area contributed by atoms with Crippen LogP contribution in [0.25, 0.3) is 6.08 Å². The van der Waals surface area contributed by atoms with Gasteiger partial charge < -0.3 is 9.84 Å². The smallest absolute Gasteiger partial charge is 0.307 e. The highest BCUT2D eigenvalue weighted by atomic mass is 16.5. The number of carboxylic acids is 1. The Morgan fingerprint density at radius 3 is 2.56 bits per heavy atom. The zero-order chi connectivity index (χ0) is 12.8. The lowest BCUT2D eigenvalue weighted by molar-refractivity contribution is -0.135. The zero-order valence-corrected chi connectivity index (χ0v) is 10.3. The predicted octanol–water partition coefficient (Wildman–Crippen LogP) is 3.50. The fourth-order valence-electron chi connectivity index (χ4n) is 2.15. The molecule has 2 rings (SSSR count). The summed E-state index contributed by atoms with van der Waals surface area (Å²) in [5, 5.41) is 8.52. The van der Waals surface area contributed by atoms with Crippen molar-refractivity contribution in [2.45, 2.75) is 38.2 Å². The van der Waals surface area contributed by atoms with Crippen molar-refractivity contribution in [1.82, 2.24) is 0 Å². The Balaban J connectivity index is 1.88. The molecule has 0 saturated heterocycles. The Hall–Kier alpha value is -1.77. The molecule has 3 nitrogen and oxygen atoms in total. The minimum Gasteiger partial charge on any atom is -0.490 e. The average Bonchev–Trinajstić information content (AvgIpc) is 2.84. The molecule has 96 valence electrons. The quantitative estimate of drug-likeness (QED) is 0.865. The molecule has 0 unspecified atom stereocenters. The zero-order valence-electron chi connectivity index (χ0n) is 10.3. The number of hydrogen-bond acceptors (Lipinski definition) is 2. The molecule has 3 heteroatoms. The average molecular weight is 246 g/mol. The molecular formula is C15H18O3. The number of aliphatic carboxylic acids is 1. The number of carbonyl (C=O) groups is 1. The predicted molar refractivity (Wildman–Crippen MR) is 70.6 cm³/mol. The molecule has 1 aliphatic carbocycles. The van der Waals surface area contributed by atoms with Gasteiger partial charge in [0.05, 0.1) is 12.5 Å². The second kappa shape index (κ2) is 6.24. The van der Waals surface area contributed by atoms with E-state index in [0.29, 0.717) is 6.10 Å². The molecule has 0 aromatic heterocycles. The molecule has 1 aromatic rings. The molecule has 0 bridgehead atoms. The maximum Gasteiger partial charge on any atom is 0.307 e. The lowest BCUT2D eigenvalue weighted by Gasteiger charge is -2.12. The molecule has 1 N–H and O–H groups in total. The van der Waals surface area contributed by atoms with E-state index < -0.39 is 5.97 Å². The maximum absolute atomic E-state index is 10.4. The third-order valence-corrected chi connectivity index (χ3v) is 3.09. The van der Waals surface area contributed by atoms with Crippen LogP contribution in [0, 0.1) is 0 Å². The van der Waals surface area contributed by atoms with Gasteiger partial charge in [0.25, 0.3) is 0 Å². The van der Waals surface area contributed by atoms with Crippen LogP contribution < -0.4 is 4.74 Å². The molecule has 0 amide bonds. The number of rotatable bonds is 5. The van der Waals surface area contributed by atoms with E-state index >= 15 is 0 Å². The van der Waals surface area contributed by atoms with E-state index in [0.717, 1.165) is 24.2 Å². The van der Waals surface area contributed by atoms with Gasteiger partial charge in [-0.1, -0.05) is 24.3 Å². The summed E-state index contributed by atoms with van der Waals surface area (Å²) in [5.74, 6) is 0.0877. The number of carboxylic acid groups (broad SMARTS) is 1. The Morgan fingerprint density at radius 1 is 1.28 bits per heavy atom. The van der Waals surface area contributed by atoms with Gasteiger partial charge in [-0.25, -0.2) is 0 Å². The Kier molecular flexibility index (Phi) is 4.40. The van der Waals surface area contributed by atoms with Crippen LogP contribution in [0.5, 0.6) is 5.75 Å². The summed E-state index contributed by atoms with van der Waals surface area (Å²) in [6.07, 6.45) is 8.73. The van der Waals surface area contributed by atoms with Gasteiger partial charge in [-0.2, -0.15) is 0 Å². The third kappa shape index (κ3) is 3.91. The van der Waals surface area contributed by atoms with Crippen molar-refractivity contribution in [3.05, 3.63) is 35.9 Å². The fourth-order valence-corrected chi connectivity index (χ4v) is 2.15. The van der Waals surface area contributed by atoms with Crippen molar-refractivity contribution in [1.29, 1.82) is 0 Å². The van der Waals surface area contributed by atoms with Gasteiger partial charge in [0.1, 0.15) is 5.75 Å². The number of benzene rings is 1. The summed E-state index contributed by atoms with van der Waals surface area (Å²) in [5.41, 5.74) is 0.995. The van der Waals surface area contributed by atoms with Crippen LogP contribution >= 0.6 is 0 Å². The summed E-state index contributed by atoms with van der Waals surface area (Å²) in [7, 11) is 0. The SMILES string of the molecule is O=C(O)C/C=C/c1ccc(OC2CCCC2)cc1. The van der Waals surface area contributed by atoms with Gasteiger partial charge in [0.2, 0.25) is 0 Å². The Morgan fingerprint density at radius 2 is 1.94 bits per heavy atom. The third-order valence-electron chi connectivity index (χ3n) is 3.09. The molecule has 1 aliphatic rings. The minimum absolute atomic E-state index is 0.0559. The van der Waals surface area contributed by atoms with Crippen LogP contribution in [0.2, 0.25) is 0 Å². The summed E-state index contributed by atoms with van der Waals surface area (Å²) >= 11 is 0. The first-order valence-corrected chi connectivity index (χ1v) is 6.39. The van der Waals surface area contributed by atoms with Crippen LogP contribution in [0.3, 0.4) is 0 Å². The van der Waals surface area contributed by atoms with Crippen molar-refractivity contribution in [3.63, 3.8) is 0 Å². The van der Waals surface area contributed by atoms with E-state index in [-0.39, 0.29) is 6.42 Å². The summed E-state index contributed by atoms with van der Waals surface area (Å²) < 4.78 is 5.85. The van der Waals surface area contributed by atoms with Crippen LogP contribution in [-0.4, -0.2) is 17.2 Å². The lowest BCUT2D eigenvalue weighted by atomic mass is 10.2. The largest absolute Gasteiger partial charge is 0.490 e. The number of ether oxygens (including phenoxy) is 1. The lowest BCUT2D eigenvalue weighted by Crippen LogP contribution is -2.10. The fraction of sp³-hybridized carbons (Fsp3) is 0.400. The topological polar surface area (TPSA) is 46.5 Å². The molecule has 0 radical (unpaired) electrons. The van der Waals surface area contributed by atoms with Crippen LogP contribution in [0.1, 0.15) is 37.7 Å². The highest BCUT2D eigenvalue weighted by Crippen LogP contribution is 2.24. The monoisotopic (exact) mass is 246 g/mol. The van der Waals surface area contributed by atoms with Crippen LogP contribution in [0.4, 0.5) is 0 Å². The number of hydrogen-bond donors (Lipinski definition) is 1. The van der Waals surface area contributed by atoms with E-state index in [9.17, 15) is 4.79 Å². The van der Waals surface area contributed by atoms with E-state index in [1.807, 2.05) is 30.3 Å². The van der Waals surface area contributed by atoms with Gasteiger partial charge in [0.15, 0.2) is 0 Å². The molecule has 0 spiro atoms. The van der Waals surface area contributed by atoms with E-state index in [4.69, 9.17) is 9.84 Å². The molecular weight excluding hydrogens is 228 g/mol. The van der Waals surface area contributed by atoms with E-state index in [2.05, 4.69) is 0 Å². The molecule has 1 fully saturated rings. The van der Waals surface area contributed by atoms with Gasteiger partial charge in [-0.05, 0) is 43.4 Å². The molecule has 0 atom stereocenters. The summed E-state index contributed by atoms with van der Waals surface area (Å²) in [6.45, 7) is 0. The molecule has 18 heavy (non-hydrogen) atoms. The first-order valence-electron chi connectivity index (χ1n) is 6.39. The van der Waals surface area contributed by atoms with Crippen molar-refractivity contribution < 1.29 is 14.6 Å². The van der Waals surface area contributed by atoms with Crippen LogP contribution in [0.15, 0.2) is 30.3 Å². The minimum atomic E-state index is -0.813. The second-order valence-electron chi connectivity index (χ2n) is 4.59. The van der Waals surface area contributed by atoms with Gasteiger partial charge in [0, 0.05) is 0 Å². The molecule has 0 heterocycles. The highest BCUT2D eigenvalue weighted by Gasteiger charge is 2.15. The maximum atomic E-state index is 10.4. The standard InChI is InChI=1S/C15H18O3/c16-15(17)7-3-4-12-8-10-14(11-9-12)18-13-5-1-2-6-13/h3-4,8-11,13H,1-2,5-7H2,(H,16,17)/b4-3+. The summed E-state index contributed by atoms with van der Waals surface area (Å²) in [6, 6.07) is 7.78. The highest BCUT2D eigenvalue weighted by molar-refractivity contribution is 5.70. The van der Waals surface area contributed by atoms with Gasteiger partial charge >= 0.3 is 5.97 Å². The van der Waals surface area contributed by atoms with Gasteiger partial charge in [-0.3, -0.25) is 4.79 Å². The van der Waals surface area contributed by atoms with Crippen molar-refractivity contribution in [2.24, 2.45) is 0 Å². The molecule has 0 aliphatic heterocycles. The van der Waals surface area contributed by atoms with Crippen molar-refractivity contribution in [3.8, 4) is 5.75 Å². The Bertz CT molecular complexity index is 414. The van der Waals surface area contributed by atoms with Gasteiger partial charge in [-0.15, -0.1) is 0 Å². The van der Waals surface area contributed by atoms with Crippen molar-refractivity contribution in [2.75, 3.05) is 0 Å². The van der Waals surface area contributed by atoms with E-state index in [1.165, 1.54) is 12.8 Å². The van der Waals surface area contributed by atoms with Crippen LogP contribution in [-0.2, 0) is 4.79 Å². The normalized spacial score (nSPS) is 16.2. The molecule has 1 saturated carbocycles. The second-order valence-corrected chi connectivity index (χ2v) is 4.59. The molecule has 1 aromatic carbocycles. The summed E-state index contributed by atoms with van der Waals surface area (Å²) in [4.78, 5) is 10.4. The van der Waals surface area contributed by atoms with E-state index in [1.54, 1.807) is 6.08 Å². The first kappa shape index (κ1) is 12.7.